The predicted molar refractivity (Wildman–Crippen MR) is 82.4 cm³/mol. The maximum atomic E-state index is 12.1. The normalized spacial score (nSPS) is 11.7. The van der Waals surface area contributed by atoms with Gasteiger partial charge in [0.25, 0.3) is 0 Å². The Morgan fingerprint density at radius 2 is 1.90 bits per heavy atom. The van der Waals surface area contributed by atoms with Crippen molar-refractivity contribution in [1.29, 1.82) is 0 Å². The van der Waals surface area contributed by atoms with Crippen LogP contribution in [-0.2, 0) is 23.0 Å². The average molecular weight is 310 g/mol. The molecule has 0 aliphatic rings. The first-order valence-electron chi connectivity index (χ1n) is 6.37. The molecular formula is C14H18N2O2S2. The summed E-state index contributed by atoms with van der Waals surface area (Å²) in [4.78, 5) is 1.31. The van der Waals surface area contributed by atoms with Gasteiger partial charge >= 0.3 is 0 Å². The van der Waals surface area contributed by atoms with Crippen molar-refractivity contribution in [2.45, 2.75) is 17.9 Å². The number of hydrogen-bond donors (Lipinski definition) is 2. The van der Waals surface area contributed by atoms with Crippen LogP contribution in [0.1, 0.15) is 10.4 Å². The fraction of sp³-hybridized carbons (Fsp3) is 0.286. The van der Waals surface area contributed by atoms with Crippen molar-refractivity contribution in [3.63, 3.8) is 0 Å². The number of benzene rings is 1. The third-order valence-corrected chi connectivity index (χ3v) is 5.21. The molecule has 0 unspecified atom stereocenters. The van der Waals surface area contributed by atoms with Gasteiger partial charge in [0.15, 0.2) is 0 Å². The van der Waals surface area contributed by atoms with Crippen LogP contribution in [0.4, 0.5) is 0 Å². The van der Waals surface area contributed by atoms with Crippen molar-refractivity contribution < 1.29 is 8.42 Å². The smallest absolute Gasteiger partial charge is 0.240 e. The number of hydrogen-bond acceptors (Lipinski definition) is 4. The lowest BCUT2D eigenvalue weighted by Crippen LogP contribution is -2.22. The second-order valence-corrected chi connectivity index (χ2v) is 7.20. The van der Waals surface area contributed by atoms with E-state index in [1.54, 1.807) is 12.1 Å². The summed E-state index contributed by atoms with van der Waals surface area (Å²) in [5.41, 5.74) is 1.12. The third-order valence-electron chi connectivity index (χ3n) is 2.91. The molecule has 2 rings (SSSR count). The standard InChI is InChI=1S/C14H18N2O2S2/c1-15-9-8-12-4-6-14(7-5-12)20(17,18)16-11-13-3-2-10-19-13/h2-7,10,15-16H,8-9,11H2,1H3. The van der Waals surface area contributed by atoms with Crippen LogP contribution >= 0.6 is 11.3 Å². The van der Waals surface area contributed by atoms with Gasteiger partial charge in [-0.1, -0.05) is 18.2 Å². The van der Waals surface area contributed by atoms with Crippen LogP contribution in [0.25, 0.3) is 0 Å². The molecule has 0 aliphatic carbocycles. The minimum absolute atomic E-state index is 0.308. The second-order valence-electron chi connectivity index (χ2n) is 4.40. The summed E-state index contributed by atoms with van der Waals surface area (Å²) in [6.07, 6.45) is 0.888. The summed E-state index contributed by atoms with van der Waals surface area (Å²) in [7, 11) is -1.54. The van der Waals surface area contributed by atoms with E-state index in [0.29, 0.717) is 11.4 Å². The first-order valence-corrected chi connectivity index (χ1v) is 8.74. The molecule has 2 aromatic rings. The topological polar surface area (TPSA) is 58.2 Å². The van der Waals surface area contributed by atoms with Crippen LogP contribution in [0.5, 0.6) is 0 Å². The Labute approximate surface area is 123 Å². The summed E-state index contributed by atoms with van der Waals surface area (Å²) in [5, 5.41) is 5.00. The van der Waals surface area contributed by atoms with Gasteiger partial charge in [0.2, 0.25) is 10.0 Å². The van der Waals surface area contributed by atoms with Crippen molar-refractivity contribution in [3.8, 4) is 0 Å². The minimum Gasteiger partial charge on any atom is -0.319 e. The van der Waals surface area contributed by atoms with E-state index < -0.39 is 10.0 Å². The molecule has 0 saturated carbocycles. The predicted octanol–water partition coefficient (Wildman–Crippen LogP) is 1.99. The molecule has 2 N–H and O–H groups in total. The highest BCUT2D eigenvalue weighted by atomic mass is 32.2. The fourth-order valence-corrected chi connectivity index (χ4v) is 3.51. The van der Waals surface area contributed by atoms with Crippen LogP contribution in [0.3, 0.4) is 0 Å². The first kappa shape index (κ1) is 15.2. The Kier molecular flexibility index (Phi) is 5.31. The number of thiophene rings is 1. The van der Waals surface area contributed by atoms with Crippen molar-refractivity contribution in [2.75, 3.05) is 13.6 Å². The molecule has 1 aromatic heterocycles. The molecular weight excluding hydrogens is 292 g/mol. The van der Waals surface area contributed by atoms with Gasteiger partial charge in [-0.05, 0) is 49.2 Å². The number of nitrogens with one attached hydrogen (secondary N) is 2. The number of rotatable bonds is 7. The lowest BCUT2D eigenvalue weighted by atomic mass is 10.1. The summed E-state index contributed by atoms with van der Waals surface area (Å²) >= 11 is 1.54. The van der Waals surface area contributed by atoms with Crippen molar-refractivity contribution >= 4 is 21.4 Å². The van der Waals surface area contributed by atoms with Gasteiger partial charge in [-0.25, -0.2) is 13.1 Å². The van der Waals surface area contributed by atoms with E-state index in [4.69, 9.17) is 0 Å². The lowest BCUT2D eigenvalue weighted by Gasteiger charge is -2.07. The maximum absolute atomic E-state index is 12.1. The molecule has 20 heavy (non-hydrogen) atoms. The van der Waals surface area contributed by atoms with Gasteiger partial charge in [0.1, 0.15) is 0 Å². The molecule has 1 aromatic carbocycles. The summed E-state index contributed by atoms with van der Waals surface area (Å²) in [5.74, 6) is 0. The zero-order valence-electron chi connectivity index (χ0n) is 11.3. The highest BCUT2D eigenvalue weighted by Gasteiger charge is 2.13. The SMILES string of the molecule is CNCCc1ccc(S(=O)(=O)NCc2cccs2)cc1. The van der Waals surface area contributed by atoms with Gasteiger partial charge in [0, 0.05) is 11.4 Å². The molecule has 0 atom stereocenters. The highest BCUT2D eigenvalue weighted by molar-refractivity contribution is 7.89. The quantitative estimate of drug-likeness (QED) is 0.822. The fourth-order valence-electron chi connectivity index (χ4n) is 1.77. The van der Waals surface area contributed by atoms with Crippen molar-refractivity contribution in [2.24, 2.45) is 0 Å². The molecule has 0 bridgehead atoms. The minimum atomic E-state index is -3.43. The summed E-state index contributed by atoms with van der Waals surface area (Å²) in [6, 6.07) is 10.8. The van der Waals surface area contributed by atoms with Crippen molar-refractivity contribution in [1.82, 2.24) is 10.0 Å². The summed E-state index contributed by atoms with van der Waals surface area (Å²) in [6.45, 7) is 1.21. The Balaban J connectivity index is 2.01. The average Bonchev–Trinajstić information content (AvgIpc) is 2.97. The highest BCUT2D eigenvalue weighted by Crippen LogP contribution is 2.13. The van der Waals surface area contributed by atoms with Gasteiger partial charge in [-0.15, -0.1) is 11.3 Å². The molecule has 0 saturated heterocycles. The third kappa shape index (κ3) is 4.14. The zero-order chi connectivity index (χ0) is 14.4. The van der Waals surface area contributed by atoms with Crippen LogP contribution < -0.4 is 10.0 Å². The van der Waals surface area contributed by atoms with Crippen LogP contribution in [0.2, 0.25) is 0 Å². The number of likely N-dealkylation sites (N-methyl/N-ethyl adjacent to an activating group) is 1. The van der Waals surface area contributed by atoms with Gasteiger partial charge in [-0.3, -0.25) is 0 Å². The Bertz CT molecular complexity index is 620. The van der Waals surface area contributed by atoms with E-state index in [-0.39, 0.29) is 0 Å². The van der Waals surface area contributed by atoms with E-state index in [1.807, 2.05) is 36.7 Å². The van der Waals surface area contributed by atoms with Crippen LogP contribution in [0, 0.1) is 0 Å². The molecule has 0 radical (unpaired) electrons. The molecule has 0 spiro atoms. The van der Waals surface area contributed by atoms with Crippen molar-refractivity contribution in [3.05, 3.63) is 52.2 Å². The monoisotopic (exact) mass is 310 g/mol. The Morgan fingerprint density at radius 1 is 1.15 bits per heavy atom. The van der Waals surface area contributed by atoms with E-state index in [9.17, 15) is 8.42 Å². The Morgan fingerprint density at radius 3 is 2.50 bits per heavy atom. The number of sulfonamides is 1. The second kappa shape index (κ2) is 6.99. The van der Waals surface area contributed by atoms with Gasteiger partial charge < -0.3 is 5.32 Å². The molecule has 4 nitrogen and oxygen atoms in total. The molecule has 0 fully saturated rings. The lowest BCUT2D eigenvalue weighted by molar-refractivity contribution is 0.582. The largest absolute Gasteiger partial charge is 0.319 e. The van der Waals surface area contributed by atoms with E-state index in [1.165, 1.54) is 11.3 Å². The molecule has 108 valence electrons. The van der Waals surface area contributed by atoms with Gasteiger partial charge in [-0.2, -0.15) is 0 Å². The van der Waals surface area contributed by atoms with Crippen LogP contribution in [-0.4, -0.2) is 22.0 Å². The molecule has 0 aliphatic heterocycles. The first-order chi connectivity index (χ1) is 9.62. The molecule has 1 heterocycles. The van der Waals surface area contributed by atoms with Gasteiger partial charge in [0.05, 0.1) is 4.90 Å². The Hall–Kier alpha value is -1.21. The van der Waals surface area contributed by atoms with Crippen LogP contribution in [0.15, 0.2) is 46.7 Å². The maximum Gasteiger partial charge on any atom is 0.240 e. The van der Waals surface area contributed by atoms with E-state index in [2.05, 4.69) is 10.0 Å². The zero-order valence-corrected chi connectivity index (χ0v) is 12.9. The molecule has 0 amide bonds. The van der Waals surface area contributed by atoms with E-state index >= 15 is 0 Å². The molecule has 6 heteroatoms. The van der Waals surface area contributed by atoms with E-state index in [0.717, 1.165) is 23.4 Å². The summed E-state index contributed by atoms with van der Waals surface area (Å²) < 4.78 is 26.9.